The summed E-state index contributed by atoms with van der Waals surface area (Å²) in [4.78, 5) is 35.2. The second-order valence-electron chi connectivity index (χ2n) is 8.55. The first-order chi connectivity index (χ1) is 18.0. The second-order valence-corrected chi connectivity index (χ2v) is 8.96. The third kappa shape index (κ3) is 7.25. The van der Waals surface area contributed by atoms with Gasteiger partial charge in [0.2, 0.25) is 0 Å². The number of carbonyl (C=O) groups is 2. The fourth-order valence-corrected chi connectivity index (χ4v) is 4.27. The van der Waals surface area contributed by atoms with Gasteiger partial charge in [-0.3, -0.25) is 19.6 Å². The number of rotatable bonds is 9. The van der Waals surface area contributed by atoms with Crippen LogP contribution in [0.15, 0.2) is 52.9 Å². The van der Waals surface area contributed by atoms with Crippen LogP contribution >= 0.6 is 11.6 Å². The molecule has 1 aliphatic rings. The maximum atomic E-state index is 14.1. The summed E-state index contributed by atoms with van der Waals surface area (Å²) in [6.07, 6.45) is 0.624. The first-order valence-corrected chi connectivity index (χ1v) is 12.1. The van der Waals surface area contributed by atoms with Crippen molar-refractivity contribution in [2.75, 3.05) is 13.7 Å². The molecule has 1 aliphatic carbocycles. The molecule has 0 spiro atoms. The van der Waals surface area contributed by atoms with Gasteiger partial charge in [0.05, 0.1) is 36.0 Å². The minimum absolute atomic E-state index is 0.0131. The summed E-state index contributed by atoms with van der Waals surface area (Å²) in [6, 6.07) is 4.90. The molecular formula is C26H25ClF4N4O3. The van der Waals surface area contributed by atoms with E-state index in [1.807, 2.05) is 0 Å². The Bertz CT molecular complexity index is 1250. The van der Waals surface area contributed by atoms with Crippen LogP contribution in [0.4, 0.5) is 17.6 Å². The Morgan fingerprint density at radius 2 is 1.82 bits per heavy atom. The molecule has 2 aromatic rings. The molecule has 0 bridgehead atoms. The lowest BCUT2D eigenvalue weighted by atomic mass is 9.98. The molecule has 0 radical (unpaired) electrons. The van der Waals surface area contributed by atoms with Gasteiger partial charge < -0.3 is 15.0 Å². The van der Waals surface area contributed by atoms with Crippen LogP contribution in [0, 0.1) is 11.2 Å². The van der Waals surface area contributed by atoms with Crippen LogP contribution in [0.2, 0.25) is 5.02 Å². The number of alkyl halides is 3. The molecule has 1 aromatic carbocycles. The summed E-state index contributed by atoms with van der Waals surface area (Å²) in [7, 11) is 1.28. The monoisotopic (exact) mass is 552 g/mol. The van der Waals surface area contributed by atoms with Crippen molar-refractivity contribution in [1.29, 1.82) is 5.41 Å². The standard InChI is InChI=1S/C26H25ClF4N4O3/c1-38-22-13-33-12-20(27)23(22)21(36)15-35(14-16-7-9-17(28)10-8-16)25(37)19(11-32)24(26(29,30)31)34-18-5-3-2-4-6-18/h7-13,32H,2-6,14-15H2,1H3/b24-19+,32-11?. The van der Waals surface area contributed by atoms with Gasteiger partial charge in [0.1, 0.15) is 11.6 Å². The summed E-state index contributed by atoms with van der Waals surface area (Å²) in [5.41, 5.74) is -1.98. The normalized spacial score (nSPS) is 14.4. The minimum atomic E-state index is -5.03. The van der Waals surface area contributed by atoms with Crippen LogP contribution in [-0.4, -0.2) is 53.3 Å². The SMILES string of the molecule is COc1cncc(Cl)c1C(=O)CN(Cc1ccc(F)cc1)C(=O)/C(C=N)=C(/N=C1CCCCC1)C(F)(F)F. The predicted molar refractivity (Wildman–Crippen MR) is 134 cm³/mol. The summed E-state index contributed by atoms with van der Waals surface area (Å²) in [5, 5.41) is 7.60. The van der Waals surface area contributed by atoms with Gasteiger partial charge in [0.15, 0.2) is 11.5 Å². The number of carbonyl (C=O) groups excluding carboxylic acids is 2. The number of hydrogen-bond donors (Lipinski definition) is 1. The number of ketones is 1. The van der Waals surface area contributed by atoms with Gasteiger partial charge in [-0.2, -0.15) is 13.2 Å². The minimum Gasteiger partial charge on any atom is -0.494 e. The van der Waals surface area contributed by atoms with Crippen molar-refractivity contribution < 1.29 is 31.9 Å². The average molecular weight is 553 g/mol. The van der Waals surface area contributed by atoms with Crippen LogP contribution in [0.5, 0.6) is 5.75 Å². The van der Waals surface area contributed by atoms with E-state index < -0.39 is 41.5 Å². The van der Waals surface area contributed by atoms with Gasteiger partial charge in [0.25, 0.3) is 5.91 Å². The second kappa shape index (κ2) is 12.8. The van der Waals surface area contributed by atoms with Crippen LogP contribution in [0.25, 0.3) is 0 Å². The Morgan fingerprint density at radius 1 is 1.16 bits per heavy atom. The largest absolute Gasteiger partial charge is 0.494 e. The molecular weight excluding hydrogens is 528 g/mol. The molecule has 0 unspecified atom stereocenters. The zero-order valence-electron chi connectivity index (χ0n) is 20.4. The quantitative estimate of drug-likeness (QED) is 0.179. The number of Topliss-reactive ketones (excluding diaryl/α,β-unsaturated/α-hetero) is 1. The molecule has 1 fully saturated rings. The van der Waals surface area contributed by atoms with Crippen LogP contribution in [-0.2, 0) is 11.3 Å². The molecule has 1 saturated carbocycles. The number of nitrogens with zero attached hydrogens (tertiary/aromatic N) is 3. The highest BCUT2D eigenvalue weighted by Crippen LogP contribution is 2.32. The third-order valence-electron chi connectivity index (χ3n) is 5.87. The Balaban J connectivity index is 2.08. The maximum absolute atomic E-state index is 14.1. The molecule has 0 atom stereocenters. The first-order valence-electron chi connectivity index (χ1n) is 11.7. The number of hydrogen-bond acceptors (Lipinski definition) is 6. The highest BCUT2D eigenvalue weighted by molar-refractivity contribution is 6.34. The lowest BCUT2D eigenvalue weighted by molar-refractivity contribution is -0.128. The number of allylic oxidation sites excluding steroid dienone is 1. The summed E-state index contributed by atoms with van der Waals surface area (Å²) < 4.78 is 60.9. The Kier molecular flexibility index (Phi) is 9.73. The lowest BCUT2D eigenvalue weighted by Crippen LogP contribution is -2.38. The number of nitrogens with one attached hydrogen (secondary N) is 1. The van der Waals surface area contributed by atoms with Gasteiger partial charge in [0, 0.05) is 24.7 Å². The van der Waals surface area contributed by atoms with E-state index in [9.17, 15) is 27.2 Å². The summed E-state index contributed by atoms with van der Waals surface area (Å²) in [6.45, 7) is -1.07. The molecule has 0 saturated heterocycles. The highest BCUT2D eigenvalue weighted by Gasteiger charge is 2.40. The third-order valence-corrected chi connectivity index (χ3v) is 6.16. The van der Waals surface area contributed by atoms with Gasteiger partial charge in [-0.1, -0.05) is 30.2 Å². The molecule has 3 rings (SSSR count). The maximum Gasteiger partial charge on any atom is 0.434 e. The van der Waals surface area contributed by atoms with Crippen molar-refractivity contribution in [3.63, 3.8) is 0 Å². The van der Waals surface area contributed by atoms with Crippen molar-refractivity contribution >= 4 is 35.2 Å². The molecule has 12 heteroatoms. The van der Waals surface area contributed by atoms with Gasteiger partial charge in [-0.15, -0.1) is 0 Å². The van der Waals surface area contributed by atoms with Crippen molar-refractivity contribution in [1.82, 2.24) is 9.88 Å². The number of pyridine rings is 1. The number of halogens is 5. The molecule has 38 heavy (non-hydrogen) atoms. The molecule has 1 amide bonds. The Hall–Kier alpha value is -3.60. The van der Waals surface area contributed by atoms with Gasteiger partial charge in [-0.25, -0.2) is 4.39 Å². The predicted octanol–water partition coefficient (Wildman–Crippen LogP) is 5.97. The van der Waals surface area contributed by atoms with E-state index in [-0.39, 0.29) is 22.9 Å². The van der Waals surface area contributed by atoms with E-state index in [1.54, 1.807) is 0 Å². The molecule has 1 aromatic heterocycles. The zero-order chi connectivity index (χ0) is 27.9. The summed E-state index contributed by atoms with van der Waals surface area (Å²) >= 11 is 6.13. The fraction of sp³-hybridized carbons (Fsp3) is 0.346. The highest BCUT2D eigenvalue weighted by atomic mass is 35.5. The van der Waals surface area contributed by atoms with E-state index >= 15 is 0 Å². The number of methoxy groups -OCH3 is 1. The van der Waals surface area contributed by atoms with Gasteiger partial charge >= 0.3 is 6.18 Å². The lowest BCUT2D eigenvalue weighted by Gasteiger charge is -2.24. The van der Waals surface area contributed by atoms with E-state index in [0.29, 0.717) is 43.2 Å². The van der Waals surface area contributed by atoms with Crippen molar-refractivity contribution in [3.05, 3.63) is 69.9 Å². The van der Waals surface area contributed by atoms with Crippen molar-refractivity contribution in [2.24, 2.45) is 4.99 Å². The zero-order valence-corrected chi connectivity index (χ0v) is 21.2. The molecule has 7 nitrogen and oxygen atoms in total. The number of ether oxygens (including phenoxy) is 1. The van der Waals surface area contributed by atoms with E-state index in [2.05, 4.69) is 9.98 Å². The smallest absolute Gasteiger partial charge is 0.434 e. The van der Waals surface area contributed by atoms with Crippen molar-refractivity contribution in [2.45, 2.75) is 44.8 Å². The molecule has 1 heterocycles. The molecule has 0 aliphatic heterocycles. The van der Waals surface area contributed by atoms with E-state index in [4.69, 9.17) is 21.7 Å². The van der Waals surface area contributed by atoms with E-state index in [1.165, 1.54) is 31.6 Å². The van der Waals surface area contributed by atoms with E-state index in [0.717, 1.165) is 23.5 Å². The van der Waals surface area contributed by atoms with Crippen LogP contribution in [0.1, 0.15) is 48.0 Å². The Labute approximate surface area is 221 Å². The van der Waals surface area contributed by atoms with Crippen LogP contribution in [0.3, 0.4) is 0 Å². The van der Waals surface area contributed by atoms with Gasteiger partial charge in [-0.05, 0) is 43.4 Å². The average Bonchev–Trinajstić information content (AvgIpc) is 2.89. The summed E-state index contributed by atoms with van der Waals surface area (Å²) in [5.74, 6) is -2.52. The Morgan fingerprint density at radius 3 is 2.39 bits per heavy atom. The molecule has 202 valence electrons. The van der Waals surface area contributed by atoms with Crippen molar-refractivity contribution in [3.8, 4) is 5.75 Å². The van der Waals surface area contributed by atoms with Crippen LogP contribution < -0.4 is 4.74 Å². The number of benzene rings is 1. The topological polar surface area (TPSA) is 95.7 Å². The number of aromatic nitrogens is 1. The fourth-order valence-electron chi connectivity index (χ4n) is 4.01. The number of amides is 1. The molecule has 1 N–H and O–H groups in total. The number of aliphatic imine (C=N–C) groups is 1. The first kappa shape index (κ1) is 29.0.